The highest BCUT2D eigenvalue weighted by Gasteiger charge is 2.44. The van der Waals surface area contributed by atoms with E-state index in [1.165, 1.54) is 17.6 Å². The molecule has 3 rings (SSSR count). The lowest BCUT2D eigenvalue weighted by molar-refractivity contribution is -0.151. The first kappa shape index (κ1) is 12.2. The molecular formula is C15H22O3. The van der Waals surface area contributed by atoms with Crippen LogP contribution in [0.2, 0.25) is 0 Å². The van der Waals surface area contributed by atoms with E-state index >= 15 is 0 Å². The molecule has 0 radical (unpaired) electrons. The molecule has 1 saturated heterocycles. The van der Waals surface area contributed by atoms with E-state index in [0.29, 0.717) is 12.3 Å². The second-order valence-electron chi connectivity index (χ2n) is 6.38. The van der Waals surface area contributed by atoms with Gasteiger partial charge in [-0.3, -0.25) is 4.79 Å². The summed E-state index contributed by atoms with van der Waals surface area (Å²) in [5.41, 5.74) is 2.93. The van der Waals surface area contributed by atoms with Crippen LogP contribution in [0.15, 0.2) is 11.1 Å². The second kappa shape index (κ2) is 4.37. The van der Waals surface area contributed by atoms with Gasteiger partial charge in [0.05, 0.1) is 6.42 Å². The molecule has 3 heteroatoms. The molecule has 2 fully saturated rings. The summed E-state index contributed by atoms with van der Waals surface area (Å²) in [6.45, 7) is 6.21. The molecule has 2 aliphatic heterocycles. The van der Waals surface area contributed by atoms with Gasteiger partial charge >= 0.3 is 5.97 Å². The Kier molecular flexibility index (Phi) is 2.97. The molecule has 1 aliphatic carbocycles. The van der Waals surface area contributed by atoms with Crippen LogP contribution in [0.5, 0.6) is 0 Å². The number of carbonyl (C=O) groups excluding carboxylic acids is 1. The van der Waals surface area contributed by atoms with Gasteiger partial charge in [-0.1, -0.05) is 12.5 Å². The van der Waals surface area contributed by atoms with Gasteiger partial charge in [-0.2, -0.15) is 0 Å². The van der Waals surface area contributed by atoms with Crippen LogP contribution in [0.3, 0.4) is 0 Å². The van der Waals surface area contributed by atoms with Gasteiger partial charge in [0.15, 0.2) is 0 Å². The van der Waals surface area contributed by atoms with E-state index in [9.17, 15) is 4.79 Å². The molecular weight excluding hydrogens is 228 g/mol. The van der Waals surface area contributed by atoms with Gasteiger partial charge in [-0.25, -0.2) is 0 Å². The Labute approximate surface area is 109 Å². The molecule has 18 heavy (non-hydrogen) atoms. The fourth-order valence-electron chi connectivity index (χ4n) is 3.82. The Bertz CT molecular complexity index is 393. The smallest absolute Gasteiger partial charge is 0.310 e. The lowest BCUT2D eigenvalue weighted by Crippen LogP contribution is -2.41. The molecule has 3 atom stereocenters. The van der Waals surface area contributed by atoms with Crippen LogP contribution in [0.25, 0.3) is 0 Å². The second-order valence-corrected chi connectivity index (χ2v) is 6.38. The predicted octanol–water partition coefficient (Wildman–Crippen LogP) is 2.85. The van der Waals surface area contributed by atoms with E-state index in [1.807, 2.05) is 0 Å². The van der Waals surface area contributed by atoms with Crippen LogP contribution in [0.4, 0.5) is 0 Å². The maximum Gasteiger partial charge on any atom is 0.310 e. The van der Waals surface area contributed by atoms with Crippen molar-refractivity contribution >= 4 is 5.97 Å². The summed E-state index contributed by atoms with van der Waals surface area (Å²) < 4.78 is 11.1. The molecule has 0 aromatic carbocycles. The van der Waals surface area contributed by atoms with Gasteiger partial charge in [0.2, 0.25) is 0 Å². The fraction of sp³-hybridized carbons (Fsp3) is 0.800. The van der Waals surface area contributed by atoms with E-state index in [-0.39, 0.29) is 17.5 Å². The molecule has 0 amide bonds. The summed E-state index contributed by atoms with van der Waals surface area (Å²) in [5, 5.41) is 0. The molecule has 0 aromatic rings. The fourth-order valence-corrected chi connectivity index (χ4v) is 3.82. The van der Waals surface area contributed by atoms with E-state index in [2.05, 4.69) is 13.8 Å². The van der Waals surface area contributed by atoms with Crippen molar-refractivity contribution in [2.24, 2.45) is 11.3 Å². The molecule has 3 nitrogen and oxygen atoms in total. The maximum atomic E-state index is 11.6. The lowest BCUT2D eigenvalue weighted by Gasteiger charge is -2.44. The molecule has 0 N–H and O–H groups in total. The zero-order valence-corrected chi connectivity index (χ0v) is 11.3. The van der Waals surface area contributed by atoms with Crippen molar-refractivity contribution in [1.29, 1.82) is 0 Å². The van der Waals surface area contributed by atoms with Crippen LogP contribution in [0, 0.1) is 11.3 Å². The summed E-state index contributed by atoms with van der Waals surface area (Å²) in [5.74, 6) is 0.591. The largest absolute Gasteiger partial charge is 0.458 e. The standard InChI is InChI=1S/C15H22O3/c1-10-7-14(16)18-13-8-15(2,5-3-12(10)13)11-4-6-17-9-11/h11,13H,3-9H2,1-2H3. The number of esters is 1. The lowest BCUT2D eigenvalue weighted by atomic mass is 9.64. The van der Waals surface area contributed by atoms with Gasteiger partial charge in [-0.05, 0) is 49.5 Å². The summed E-state index contributed by atoms with van der Waals surface area (Å²) in [4.78, 5) is 11.6. The van der Waals surface area contributed by atoms with Gasteiger partial charge in [0.25, 0.3) is 0 Å². The van der Waals surface area contributed by atoms with Crippen molar-refractivity contribution in [2.75, 3.05) is 13.2 Å². The SMILES string of the molecule is CC1=C2CCC(C)(C3CCOC3)CC2OC(=O)C1. The zero-order chi connectivity index (χ0) is 12.8. The summed E-state index contributed by atoms with van der Waals surface area (Å²) in [7, 11) is 0. The molecule has 3 aliphatic rings. The van der Waals surface area contributed by atoms with E-state index < -0.39 is 0 Å². The maximum absolute atomic E-state index is 11.6. The number of fused-ring (bicyclic) bond motifs is 1. The van der Waals surface area contributed by atoms with Gasteiger partial charge in [0.1, 0.15) is 6.10 Å². The van der Waals surface area contributed by atoms with Crippen molar-refractivity contribution in [3.8, 4) is 0 Å². The first-order valence-electron chi connectivity index (χ1n) is 7.04. The number of hydrogen-bond donors (Lipinski definition) is 0. The van der Waals surface area contributed by atoms with Gasteiger partial charge in [-0.15, -0.1) is 0 Å². The number of carbonyl (C=O) groups is 1. The van der Waals surface area contributed by atoms with Crippen LogP contribution < -0.4 is 0 Å². The van der Waals surface area contributed by atoms with E-state index in [1.54, 1.807) is 0 Å². The van der Waals surface area contributed by atoms with Crippen molar-refractivity contribution in [2.45, 2.75) is 52.1 Å². The number of ether oxygens (including phenoxy) is 2. The summed E-state index contributed by atoms with van der Waals surface area (Å²) in [6, 6.07) is 0. The Morgan fingerprint density at radius 1 is 1.39 bits per heavy atom. The van der Waals surface area contributed by atoms with Crippen molar-refractivity contribution < 1.29 is 14.3 Å². The Balaban J connectivity index is 1.80. The normalized spacial score (nSPS) is 40.7. The van der Waals surface area contributed by atoms with Crippen LogP contribution in [-0.2, 0) is 14.3 Å². The zero-order valence-electron chi connectivity index (χ0n) is 11.3. The van der Waals surface area contributed by atoms with Crippen molar-refractivity contribution in [3.63, 3.8) is 0 Å². The van der Waals surface area contributed by atoms with Crippen LogP contribution in [-0.4, -0.2) is 25.3 Å². The quantitative estimate of drug-likeness (QED) is 0.530. The highest BCUT2D eigenvalue weighted by molar-refractivity contribution is 5.74. The third-order valence-electron chi connectivity index (χ3n) is 5.15. The molecule has 2 heterocycles. The third-order valence-corrected chi connectivity index (χ3v) is 5.15. The highest BCUT2D eigenvalue weighted by atomic mass is 16.5. The minimum atomic E-state index is -0.0480. The molecule has 3 unspecified atom stereocenters. The van der Waals surface area contributed by atoms with Crippen molar-refractivity contribution in [3.05, 3.63) is 11.1 Å². The van der Waals surface area contributed by atoms with Crippen LogP contribution in [0.1, 0.15) is 46.0 Å². The Hall–Kier alpha value is -0.830. The molecule has 0 spiro atoms. The monoisotopic (exact) mass is 250 g/mol. The average molecular weight is 250 g/mol. The highest BCUT2D eigenvalue weighted by Crippen LogP contribution is 2.49. The molecule has 0 aromatic heterocycles. The van der Waals surface area contributed by atoms with Gasteiger partial charge in [0, 0.05) is 13.2 Å². The number of hydrogen-bond acceptors (Lipinski definition) is 3. The molecule has 1 saturated carbocycles. The Morgan fingerprint density at radius 3 is 2.94 bits per heavy atom. The third kappa shape index (κ3) is 1.99. The first-order chi connectivity index (χ1) is 8.58. The first-order valence-corrected chi connectivity index (χ1v) is 7.04. The topological polar surface area (TPSA) is 35.5 Å². The average Bonchev–Trinajstić information content (AvgIpc) is 2.81. The summed E-state index contributed by atoms with van der Waals surface area (Å²) >= 11 is 0. The van der Waals surface area contributed by atoms with Gasteiger partial charge < -0.3 is 9.47 Å². The Morgan fingerprint density at radius 2 is 2.22 bits per heavy atom. The number of rotatable bonds is 1. The minimum absolute atomic E-state index is 0.0469. The van der Waals surface area contributed by atoms with E-state index in [4.69, 9.17) is 9.47 Å². The summed E-state index contributed by atoms with van der Waals surface area (Å²) in [6.07, 6.45) is 4.99. The molecule has 100 valence electrons. The van der Waals surface area contributed by atoms with E-state index in [0.717, 1.165) is 32.5 Å². The van der Waals surface area contributed by atoms with Crippen LogP contribution >= 0.6 is 0 Å². The minimum Gasteiger partial charge on any atom is -0.458 e. The van der Waals surface area contributed by atoms with Crippen molar-refractivity contribution in [1.82, 2.24) is 0 Å². The predicted molar refractivity (Wildman–Crippen MR) is 68.1 cm³/mol. The molecule has 0 bridgehead atoms.